The largest absolute Gasteiger partial charge is 0.338 e. The number of nitrogens with zero attached hydrogens (tertiary/aromatic N) is 4. The molecule has 3 rings (SSSR count). The summed E-state index contributed by atoms with van der Waals surface area (Å²) in [5.74, 6) is 0.00412. The third kappa shape index (κ3) is 2.55. The Labute approximate surface area is 118 Å². The van der Waals surface area contributed by atoms with Crippen LogP contribution in [0.25, 0.3) is 11.4 Å². The number of halogens is 1. The molecule has 2 heterocycles. The van der Waals surface area contributed by atoms with Crippen molar-refractivity contribution in [3.8, 4) is 11.4 Å². The highest BCUT2D eigenvalue weighted by molar-refractivity contribution is 5.68. The van der Waals surface area contributed by atoms with E-state index in [1.807, 2.05) is 4.90 Å². The number of nitrogens with two attached hydrogens (primary N) is 1. The van der Waals surface area contributed by atoms with E-state index < -0.39 is 10.7 Å². The number of nitrogens with one attached hydrogen (secondary N) is 1. The van der Waals surface area contributed by atoms with Crippen LogP contribution in [0.1, 0.15) is 6.42 Å². The third-order valence-corrected chi connectivity index (χ3v) is 3.39. The van der Waals surface area contributed by atoms with Gasteiger partial charge in [-0.25, -0.2) is 4.39 Å². The van der Waals surface area contributed by atoms with E-state index in [-0.39, 0.29) is 23.1 Å². The molecule has 1 fully saturated rings. The maximum absolute atomic E-state index is 13.1. The van der Waals surface area contributed by atoms with Crippen LogP contribution in [-0.4, -0.2) is 39.2 Å². The van der Waals surface area contributed by atoms with Gasteiger partial charge in [0.05, 0.1) is 16.6 Å². The fourth-order valence-corrected chi connectivity index (χ4v) is 2.34. The zero-order valence-electron chi connectivity index (χ0n) is 11.0. The third-order valence-electron chi connectivity index (χ3n) is 3.39. The highest BCUT2D eigenvalue weighted by Crippen LogP contribution is 2.29. The smallest absolute Gasteiger partial charge is 0.283 e. The molecule has 0 saturated carbocycles. The standard InChI is InChI=1S/C12H13FN6O2/c13-7-1-2-9(10(5-7)19(20)21)11-15-12(17-16-11)18-4-3-8(14)6-18/h1-2,5,8H,3-4,6,14H2,(H,15,16,17). The summed E-state index contributed by atoms with van der Waals surface area (Å²) in [6, 6.07) is 3.40. The number of nitro benzene ring substituents is 1. The van der Waals surface area contributed by atoms with Gasteiger partial charge in [-0.05, 0) is 18.6 Å². The lowest BCUT2D eigenvalue weighted by molar-refractivity contribution is -0.384. The summed E-state index contributed by atoms with van der Waals surface area (Å²) in [6.07, 6.45) is 0.848. The fraction of sp³-hybridized carbons (Fsp3) is 0.333. The van der Waals surface area contributed by atoms with Crippen molar-refractivity contribution in [3.63, 3.8) is 0 Å². The minimum absolute atomic E-state index is 0.0760. The van der Waals surface area contributed by atoms with Gasteiger partial charge in [0.1, 0.15) is 5.82 Å². The molecule has 8 nitrogen and oxygen atoms in total. The minimum Gasteiger partial charge on any atom is -0.338 e. The zero-order chi connectivity index (χ0) is 15.0. The molecule has 0 spiro atoms. The van der Waals surface area contributed by atoms with Crippen molar-refractivity contribution in [1.82, 2.24) is 15.2 Å². The van der Waals surface area contributed by atoms with Crippen molar-refractivity contribution in [2.24, 2.45) is 5.73 Å². The molecule has 1 atom stereocenters. The van der Waals surface area contributed by atoms with Gasteiger partial charge in [0.25, 0.3) is 5.69 Å². The predicted molar refractivity (Wildman–Crippen MR) is 73.2 cm³/mol. The van der Waals surface area contributed by atoms with E-state index in [1.165, 1.54) is 6.07 Å². The molecule has 0 aliphatic carbocycles. The second kappa shape index (κ2) is 5.09. The maximum Gasteiger partial charge on any atom is 0.283 e. The molecule has 1 aromatic carbocycles. The Morgan fingerprint density at radius 1 is 1.52 bits per heavy atom. The van der Waals surface area contributed by atoms with E-state index in [9.17, 15) is 14.5 Å². The van der Waals surface area contributed by atoms with E-state index in [1.54, 1.807) is 0 Å². The van der Waals surface area contributed by atoms with Gasteiger partial charge in [0.2, 0.25) is 5.95 Å². The Hall–Kier alpha value is -2.55. The van der Waals surface area contributed by atoms with Crippen molar-refractivity contribution < 1.29 is 9.31 Å². The molecule has 1 unspecified atom stereocenters. The Balaban J connectivity index is 1.95. The van der Waals surface area contributed by atoms with E-state index in [2.05, 4.69) is 15.2 Å². The zero-order valence-corrected chi connectivity index (χ0v) is 11.0. The molecule has 3 N–H and O–H groups in total. The number of nitro groups is 1. The lowest BCUT2D eigenvalue weighted by Crippen LogP contribution is -2.26. The van der Waals surface area contributed by atoms with E-state index >= 15 is 0 Å². The second-order valence-electron chi connectivity index (χ2n) is 4.90. The van der Waals surface area contributed by atoms with E-state index in [4.69, 9.17) is 5.73 Å². The SMILES string of the molecule is NC1CCN(c2n[nH]c(-c3ccc(F)cc3[N+](=O)[O-])n2)C1. The van der Waals surface area contributed by atoms with Crippen LogP contribution in [0, 0.1) is 15.9 Å². The summed E-state index contributed by atoms with van der Waals surface area (Å²) >= 11 is 0. The maximum atomic E-state index is 13.1. The number of H-pyrrole nitrogens is 1. The molecule has 0 bridgehead atoms. The Morgan fingerprint density at radius 3 is 3.00 bits per heavy atom. The predicted octanol–water partition coefficient (Wildman–Crippen LogP) is 1.06. The first-order valence-electron chi connectivity index (χ1n) is 6.42. The minimum atomic E-state index is -0.671. The van der Waals surface area contributed by atoms with Gasteiger partial charge in [-0.1, -0.05) is 0 Å². The van der Waals surface area contributed by atoms with Gasteiger partial charge in [-0.2, -0.15) is 4.98 Å². The summed E-state index contributed by atoms with van der Waals surface area (Å²) in [5.41, 5.74) is 5.67. The number of aromatic amines is 1. The monoisotopic (exact) mass is 292 g/mol. The first-order valence-corrected chi connectivity index (χ1v) is 6.42. The van der Waals surface area contributed by atoms with Crippen LogP contribution in [0.15, 0.2) is 18.2 Å². The van der Waals surface area contributed by atoms with Gasteiger partial charge in [-0.15, -0.1) is 5.10 Å². The molecule has 1 saturated heterocycles. The number of hydrogen-bond acceptors (Lipinski definition) is 6. The van der Waals surface area contributed by atoms with Gasteiger partial charge in [0, 0.05) is 19.1 Å². The molecule has 110 valence electrons. The number of anilines is 1. The summed E-state index contributed by atoms with van der Waals surface area (Å²) in [7, 11) is 0. The van der Waals surface area contributed by atoms with Crippen LogP contribution >= 0.6 is 0 Å². The normalized spacial score (nSPS) is 18.2. The molecule has 0 amide bonds. The number of rotatable bonds is 3. The molecular formula is C12H13FN6O2. The Morgan fingerprint density at radius 2 is 2.33 bits per heavy atom. The van der Waals surface area contributed by atoms with Crippen molar-refractivity contribution in [2.75, 3.05) is 18.0 Å². The van der Waals surface area contributed by atoms with Crippen LogP contribution in [-0.2, 0) is 0 Å². The summed E-state index contributed by atoms with van der Waals surface area (Å²) in [4.78, 5) is 16.5. The lowest BCUT2D eigenvalue weighted by atomic mass is 10.1. The van der Waals surface area contributed by atoms with Gasteiger partial charge in [0.15, 0.2) is 5.82 Å². The Kier molecular flexibility index (Phi) is 3.26. The summed E-state index contributed by atoms with van der Waals surface area (Å²) in [6.45, 7) is 1.38. The average Bonchev–Trinajstić information content (AvgIpc) is 3.07. The van der Waals surface area contributed by atoms with Crippen LogP contribution < -0.4 is 10.6 Å². The van der Waals surface area contributed by atoms with Crippen LogP contribution in [0.4, 0.5) is 16.0 Å². The molecule has 2 aromatic rings. The quantitative estimate of drug-likeness (QED) is 0.645. The first kappa shape index (κ1) is 13.4. The highest BCUT2D eigenvalue weighted by Gasteiger charge is 2.24. The van der Waals surface area contributed by atoms with E-state index in [0.29, 0.717) is 12.5 Å². The molecule has 21 heavy (non-hydrogen) atoms. The van der Waals surface area contributed by atoms with Gasteiger partial charge in [-0.3, -0.25) is 15.2 Å². The Bertz CT molecular complexity index is 688. The van der Waals surface area contributed by atoms with Crippen LogP contribution in [0.5, 0.6) is 0 Å². The molecule has 1 aromatic heterocycles. The molecule has 9 heteroatoms. The summed E-state index contributed by atoms with van der Waals surface area (Å²) < 4.78 is 13.1. The topological polar surface area (TPSA) is 114 Å². The molecular weight excluding hydrogens is 279 g/mol. The highest BCUT2D eigenvalue weighted by atomic mass is 19.1. The van der Waals surface area contributed by atoms with E-state index in [0.717, 1.165) is 25.1 Å². The van der Waals surface area contributed by atoms with Gasteiger partial charge >= 0.3 is 0 Å². The van der Waals surface area contributed by atoms with Crippen molar-refractivity contribution in [1.29, 1.82) is 0 Å². The van der Waals surface area contributed by atoms with Crippen molar-refractivity contribution in [2.45, 2.75) is 12.5 Å². The van der Waals surface area contributed by atoms with Crippen molar-refractivity contribution in [3.05, 3.63) is 34.1 Å². The number of aromatic nitrogens is 3. The van der Waals surface area contributed by atoms with Crippen LogP contribution in [0.3, 0.4) is 0 Å². The second-order valence-corrected chi connectivity index (χ2v) is 4.90. The summed E-state index contributed by atoms with van der Waals surface area (Å²) in [5, 5.41) is 17.7. The van der Waals surface area contributed by atoms with Gasteiger partial charge < -0.3 is 10.6 Å². The van der Waals surface area contributed by atoms with Crippen molar-refractivity contribution >= 4 is 11.6 Å². The number of hydrogen-bond donors (Lipinski definition) is 2. The first-order chi connectivity index (χ1) is 10.0. The average molecular weight is 292 g/mol. The fourth-order valence-electron chi connectivity index (χ4n) is 2.34. The number of benzene rings is 1. The van der Waals surface area contributed by atoms with Crippen LogP contribution in [0.2, 0.25) is 0 Å². The molecule has 1 aliphatic rings. The molecule has 0 radical (unpaired) electrons. The lowest BCUT2D eigenvalue weighted by Gasteiger charge is -2.11. The molecule has 1 aliphatic heterocycles.